The van der Waals surface area contributed by atoms with Gasteiger partial charge in [-0.2, -0.15) is 0 Å². The summed E-state index contributed by atoms with van der Waals surface area (Å²) in [5, 5.41) is 39.9. The predicted molar refractivity (Wildman–Crippen MR) is 162 cm³/mol. The molecule has 23 nitrogen and oxygen atoms in total. The van der Waals surface area contributed by atoms with Crippen LogP contribution in [0.2, 0.25) is 0 Å². The molecule has 0 spiro atoms. The van der Waals surface area contributed by atoms with Gasteiger partial charge < -0.3 is 54.4 Å². The Morgan fingerprint density at radius 2 is 1.49 bits per heavy atom. The molecule has 0 unspecified atom stereocenters. The number of H-pyrrole nitrogens is 2. The van der Waals surface area contributed by atoms with Crippen LogP contribution in [0.4, 0.5) is 5.82 Å². The maximum atomic E-state index is 12.1. The largest absolute Gasteiger partial charge is 0.469 e. The van der Waals surface area contributed by atoms with E-state index in [2.05, 4.69) is 14.0 Å². The maximum absolute atomic E-state index is 12.1. The average Bonchev–Trinajstić information content (AvgIpc) is 3.41. The van der Waals surface area contributed by atoms with Crippen molar-refractivity contribution < 1.29 is 67.7 Å². The lowest BCUT2D eigenvalue weighted by molar-refractivity contribution is -0.174. The Kier molecular flexibility index (Phi) is 12.7. The van der Waals surface area contributed by atoms with Gasteiger partial charge in [-0.25, -0.2) is 18.7 Å². The van der Waals surface area contributed by atoms with Crippen LogP contribution in [0, 0.1) is 3.70 Å². The standard InChI is InChI=1S/C11H18N3O8P.C10H14IN2O10P/c1-13(2)9-4-8(16)12-11(17)14(9)10-3-6(15)7(22-10)5-21-23(18,19)20;11-5-1-6(15)12-9(18)13(5)10(3-14)8(17)7(16)4(23-10)2-22-24(19,20)21/h4,6-7,10,15H,3,5H2,1-2H3,(H,12,16,17)(H2,18,19,20);1,4,7-8,14,16-17H,2-3H2,(H,12,15,18)(H2,19,20,21)/t6-,7+,10+;4-,7-,8-,10-/m01/s1. The molecule has 10 N–H and O–H groups in total. The number of phosphoric acid groups is 2. The number of hydrogen-bond donors (Lipinski definition) is 10. The second-order valence-electron chi connectivity index (χ2n) is 10.3. The van der Waals surface area contributed by atoms with Gasteiger partial charge in [0.15, 0.2) is 0 Å². The molecule has 2 fully saturated rings. The fraction of sp³-hybridized carbons (Fsp3) is 0.619. The molecule has 0 bridgehead atoms. The van der Waals surface area contributed by atoms with Crippen LogP contribution in [-0.4, -0.2) is 124 Å². The Labute approximate surface area is 275 Å². The smallest absolute Gasteiger partial charge is 0.391 e. The molecule has 0 radical (unpaired) electrons. The van der Waals surface area contributed by atoms with Crippen LogP contribution >= 0.6 is 38.2 Å². The number of aliphatic hydroxyl groups is 4. The molecule has 0 saturated carbocycles. The lowest BCUT2D eigenvalue weighted by atomic mass is 10.0. The minimum Gasteiger partial charge on any atom is -0.391 e. The van der Waals surface area contributed by atoms with Gasteiger partial charge in [-0.05, 0) is 22.6 Å². The molecular formula is C21H32IN5O18P2. The zero-order chi connectivity index (χ0) is 35.6. The van der Waals surface area contributed by atoms with E-state index >= 15 is 0 Å². The quantitative estimate of drug-likeness (QED) is 0.0611. The average molecular weight is 831 g/mol. The summed E-state index contributed by atoms with van der Waals surface area (Å²) < 4.78 is 42.7. The van der Waals surface area contributed by atoms with Gasteiger partial charge in [-0.1, -0.05) is 0 Å². The van der Waals surface area contributed by atoms with Crippen molar-refractivity contribution in [1.82, 2.24) is 19.1 Å². The van der Waals surface area contributed by atoms with E-state index < -0.39 is 100 Å². The Morgan fingerprint density at radius 3 is 2.00 bits per heavy atom. The van der Waals surface area contributed by atoms with Crippen molar-refractivity contribution in [2.75, 3.05) is 38.8 Å². The highest BCUT2D eigenvalue weighted by atomic mass is 127. The van der Waals surface area contributed by atoms with Crippen molar-refractivity contribution in [3.8, 4) is 0 Å². The summed E-state index contributed by atoms with van der Waals surface area (Å²) in [6, 6.07) is 2.21. The third kappa shape index (κ3) is 9.52. The molecule has 2 aromatic rings. The molecule has 4 rings (SSSR count). The van der Waals surface area contributed by atoms with Crippen molar-refractivity contribution in [2.24, 2.45) is 0 Å². The van der Waals surface area contributed by atoms with Gasteiger partial charge in [0.25, 0.3) is 11.1 Å². The lowest BCUT2D eigenvalue weighted by Gasteiger charge is -2.32. The van der Waals surface area contributed by atoms with E-state index in [0.29, 0.717) is 0 Å². The molecule has 2 aliphatic rings. The first-order chi connectivity index (χ1) is 21.6. The van der Waals surface area contributed by atoms with E-state index in [0.717, 1.165) is 15.2 Å². The predicted octanol–water partition coefficient (Wildman–Crippen LogP) is -4.62. The Bertz CT molecular complexity index is 1750. The van der Waals surface area contributed by atoms with E-state index in [1.807, 2.05) is 4.98 Å². The Morgan fingerprint density at radius 1 is 0.957 bits per heavy atom. The summed E-state index contributed by atoms with van der Waals surface area (Å²) in [5.41, 5.74) is -5.18. The van der Waals surface area contributed by atoms with Gasteiger partial charge in [-0.3, -0.25) is 37.7 Å². The summed E-state index contributed by atoms with van der Waals surface area (Å²) in [4.78, 5) is 87.2. The molecule has 0 aromatic carbocycles. The van der Waals surface area contributed by atoms with Crippen LogP contribution in [0.3, 0.4) is 0 Å². The highest BCUT2D eigenvalue weighted by Gasteiger charge is 2.57. The molecule has 7 atom stereocenters. The molecule has 0 aliphatic carbocycles. The van der Waals surface area contributed by atoms with Crippen LogP contribution in [0.5, 0.6) is 0 Å². The van der Waals surface area contributed by atoms with E-state index in [1.165, 1.54) is 11.0 Å². The molecule has 2 aromatic heterocycles. The SMILES string of the molecule is CN(C)c1cc(=O)[nH]c(=O)n1[C@H]1C[C@H](O)[C@@H](COP(=O)(O)O)O1.O=c1cc(I)n([C@]2(CO)O[C@H](COP(=O)(O)O)[C@@H](O)[C@H]2O)c(=O)[nH]1. The second-order valence-corrected chi connectivity index (χ2v) is 13.8. The highest BCUT2D eigenvalue weighted by molar-refractivity contribution is 14.1. The minimum atomic E-state index is -4.87. The van der Waals surface area contributed by atoms with Crippen LogP contribution in [0.15, 0.2) is 31.3 Å². The zero-order valence-electron chi connectivity index (χ0n) is 24.2. The van der Waals surface area contributed by atoms with Crippen LogP contribution in [0.1, 0.15) is 12.6 Å². The topological polar surface area (TPSA) is 346 Å². The summed E-state index contributed by atoms with van der Waals surface area (Å²) in [6.07, 6.45) is -8.01. The van der Waals surface area contributed by atoms with Gasteiger partial charge in [0.1, 0.15) is 36.5 Å². The van der Waals surface area contributed by atoms with Crippen LogP contribution < -0.4 is 27.4 Å². The summed E-state index contributed by atoms with van der Waals surface area (Å²) >= 11 is 1.60. The van der Waals surface area contributed by atoms with Crippen molar-refractivity contribution in [3.63, 3.8) is 0 Å². The summed E-state index contributed by atoms with van der Waals surface area (Å²) in [5.74, 6) is 0.271. The van der Waals surface area contributed by atoms with Gasteiger partial charge in [0.05, 0.1) is 29.6 Å². The van der Waals surface area contributed by atoms with E-state index in [4.69, 9.17) is 29.0 Å². The first kappa shape index (κ1) is 39.3. The number of nitrogens with one attached hydrogen (secondary N) is 2. The first-order valence-electron chi connectivity index (χ1n) is 13.0. The summed E-state index contributed by atoms with van der Waals surface area (Å²) in [7, 11) is -6.30. The first-order valence-corrected chi connectivity index (χ1v) is 17.2. The molecule has 4 heterocycles. The molecule has 26 heteroatoms. The van der Waals surface area contributed by atoms with Crippen molar-refractivity contribution in [2.45, 2.75) is 48.9 Å². The summed E-state index contributed by atoms with van der Waals surface area (Å²) in [6.45, 7) is -2.31. The van der Waals surface area contributed by atoms with Gasteiger partial charge in [-0.15, -0.1) is 0 Å². The molecule has 47 heavy (non-hydrogen) atoms. The fourth-order valence-corrected chi connectivity index (χ4v) is 6.28. The van der Waals surface area contributed by atoms with Crippen LogP contribution in [-0.2, 0) is 33.4 Å². The van der Waals surface area contributed by atoms with E-state index in [9.17, 15) is 48.7 Å². The van der Waals surface area contributed by atoms with E-state index in [-0.39, 0.29) is 15.9 Å². The number of rotatable bonds is 10. The number of aromatic amines is 2. The number of aromatic nitrogens is 4. The van der Waals surface area contributed by atoms with Crippen molar-refractivity contribution >= 4 is 44.1 Å². The van der Waals surface area contributed by atoms with Crippen molar-refractivity contribution in [1.29, 1.82) is 0 Å². The van der Waals surface area contributed by atoms with E-state index in [1.54, 1.807) is 36.7 Å². The molecular weight excluding hydrogens is 799 g/mol. The number of hydrogen-bond acceptors (Lipinski definition) is 15. The third-order valence-corrected chi connectivity index (χ3v) is 8.51. The normalized spacial score (nSPS) is 27.8. The molecule has 266 valence electrons. The van der Waals surface area contributed by atoms with Gasteiger partial charge >= 0.3 is 27.0 Å². The number of halogens is 1. The highest BCUT2D eigenvalue weighted by Crippen LogP contribution is 2.41. The minimum absolute atomic E-state index is 0.00166. The maximum Gasteiger partial charge on any atom is 0.469 e. The van der Waals surface area contributed by atoms with Crippen LogP contribution in [0.25, 0.3) is 0 Å². The number of aliphatic hydroxyl groups excluding tert-OH is 4. The second kappa shape index (κ2) is 15.2. The zero-order valence-corrected chi connectivity index (χ0v) is 28.2. The van der Waals surface area contributed by atoms with Gasteiger partial charge in [0.2, 0.25) is 5.72 Å². The lowest BCUT2D eigenvalue weighted by Crippen LogP contribution is -2.55. The fourth-order valence-electron chi connectivity index (χ4n) is 4.69. The number of phosphoric ester groups is 2. The van der Waals surface area contributed by atoms with Gasteiger partial charge in [0, 0.05) is 32.6 Å². The molecule has 2 aliphatic heterocycles. The number of anilines is 1. The Hall–Kier alpha value is -2.13. The molecule has 0 amide bonds. The number of ether oxygens (including phenoxy) is 2. The third-order valence-electron chi connectivity index (χ3n) is 6.74. The number of nitrogens with zero attached hydrogens (tertiary/aromatic N) is 3. The van der Waals surface area contributed by atoms with Crippen molar-refractivity contribution in [3.05, 3.63) is 57.5 Å². The molecule has 2 saturated heterocycles. The monoisotopic (exact) mass is 831 g/mol. The Balaban J connectivity index is 0.000000256.